The Morgan fingerprint density at radius 2 is 2.00 bits per heavy atom. The van der Waals surface area contributed by atoms with Crippen molar-refractivity contribution in [1.82, 2.24) is 9.55 Å². The van der Waals surface area contributed by atoms with Crippen LogP contribution in [-0.4, -0.2) is 48.1 Å². The number of aliphatic hydroxyl groups is 3. The predicted octanol–water partition coefficient (Wildman–Crippen LogP) is 3.23. The Hall–Kier alpha value is -2.44. The number of imidazole rings is 1. The maximum absolute atomic E-state index is 13.4. The number of nitrogens with one attached hydrogen (secondary N) is 1. The van der Waals surface area contributed by atoms with E-state index in [9.17, 15) is 24.5 Å². The Morgan fingerprint density at radius 3 is 2.59 bits per heavy atom. The molecule has 0 aliphatic heterocycles. The SMILES string of the molecule is Cn1cnc(C2CC3CC(O)(C#C[C@H](O)C(C)(C)O)CC3C2)c1C(=O)Nc1ccc(F)c(Cl)c1. The van der Waals surface area contributed by atoms with Gasteiger partial charge in [0.1, 0.15) is 23.2 Å². The molecule has 34 heavy (non-hydrogen) atoms. The third kappa shape index (κ3) is 4.98. The molecule has 2 fully saturated rings. The lowest BCUT2D eigenvalue weighted by Gasteiger charge is -2.22. The van der Waals surface area contributed by atoms with Crippen molar-refractivity contribution < 1.29 is 24.5 Å². The number of nitrogens with zero attached hydrogens (tertiary/aromatic N) is 2. The normalized spacial score (nSPS) is 27.1. The van der Waals surface area contributed by atoms with Crippen LogP contribution >= 0.6 is 11.6 Å². The van der Waals surface area contributed by atoms with Gasteiger partial charge in [-0.15, -0.1) is 0 Å². The number of carbonyl (C=O) groups excluding carboxylic acids is 1. The Morgan fingerprint density at radius 1 is 1.35 bits per heavy atom. The number of anilines is 1. The summed E-state index contributed by atoms with van der Waals surface area (Å²) in [6, 6.07) is 4.01. The van der Waals surface area contributed by atoms with Gasteiger partial charge in [0.25, 0.3) is 5.91 Å². The van der Waals surface area contributed by atoms with Gasteiger partial charge < -0.3 is 25.2 Å². The fourth-order valence-electron chi connectivity index (χ4n) is 5.16. The van der Waals surface area contributed by atoms with E-state index < -0.39 is 23.1 Å². The number of rotatable bonds is 4. The number of fused-ring (bicyclic) bond motifs is 1. The van der Waals surface area contributed by atoms with Gasteiger partial charge >= 0.3 is 0 Å². The van der Waals surface area contributed by atoms with Crippen molar-refractivity contribution in [2.24, 2.45) is 18.9 Å². The molecule has 2 unspecified atom stereocenters. The molecule has 2 aliphatic carbocycles. The first-order valence-corrected chi connectivity index (χ1v) is 11.7. The maximum atomic E-state index is 13.4. The molecule has 1 aromatic heterocycles. The molecule has 0 spiro atoms. The number of hydrogen-bond acceptors (Lipinski definition) is 5. The van der Waals surface area contributed by atoms with E-state index in [4.69, 9.17) is 11.6 Å². The molecule has 0 radical (unpaired) electrons. The summed E-state index contributed by atoms with van der Waals surface area (Å²) in [5.41, 5.74) is -1.02. The van der Waals surface area contributed by atoms with Crippen LogP contribution in [0.2, 0.25) is 5.02 Å². The molecule has 7 nitrogen and oxygen atoms in total. The van der Waals surface area contributed by atoms with Crippen LogP contribution in [0.3, 0.4) is 0 Å². The number of aromatic nitrogens is 2. The Labute approximate surface area is 203 Å². The highest BCUT2D eigenvalue weighted by Gasteiger charge is 2.49. The van der Waals surface area contributed by atoms with Crippen molar-refractivity contribution in [1.29, 1.82) is 0 Å². The number of halogens is 2. The zero-order valence-electron chi connectivity index (χ0n) is 19.3. The highest BCUT2D eigenvalue weighted by molar-refractivity contribution is 6.31. The third-order valence-electron chi connectivity index (χ3n) is 6.90. The lowest BCUT2D eigenvalue weighted by molar-refractivity contribution is -0.0181. The van der Waals surface area contributed by atoms with Crippen molar-refractivity contribution in [3.63, 3.8) is 0 Å². The number of aliphatic hydroxyl groups excluding tert-OH is 1. The Balaban J connectivity index is 1.46. The first-order valence-electron chi connectivity index (χ1n) is 11.3. The van der Waals surface area contributed by atoms with Gasteiger partial charge in [0.05, 0.1) is 22.6 Å². The van der Waals surface area contributed by atoms with Crippen LogP contribution in [-0.2, 0) is 7.05 Å². The fourth-order valence-corrected chi connectivity index (χ4v) is 5.34. The topological polar surface area (TPSA) is 108 Å². The van der Waals surface area contributed by atoms with Gasteiger partial charge in [-0.05, 0) is 69.6 Å². The fraction of sp³-hybridized carbons (Fsp3) is 0.520. The van der Waals surface area contributed by atoms with E-state index in [0.29, 0.717) is 29.9 Å². The summed E-state index contributed by atoms with van der Waals surface area (Å²) in [5.74, 6) is 4.99. The summed E-state index contributed by atoms with van der Waals surface area (Å²) in [7, 11) is 1.75. The van der Waals surface area contributed by atoms with E-state index in [2.05, 4.69) is 22.1 Å². The molecule has 2 aliphatic rings. The smallest absolute Gasteiger partial charge is 0.274 e. The number of carbonyl (C=O) groups is 1. The molecule has 9 heteroatoms. The van der Waals surface area contributed by atoms with Crippen LogP contribution in [0.4, 0.5) is 10.1 Å². The molecule has 182 valence electrons. The van der Waals surface area contributed by atoms with E-state index >= 15 is 0 Å². The number of amides is 1. The summed E-state index contributed by atoms with van der Waals surface area (Å²) >= 11 is 5.83. The highest BCUT2D eigenvalue weighted by atomic mass is 35.5. The molecular weight excluding hydrogens is 461 g/mol. The first kappa shape index (κ1) is 24.7. The average Bonchev–Trinajstić information content (AvgIpc) is 3.39. The summed E-state index contributed by atoms with van der Waals surface area (Å²) < 4.78 is 15.1. The Kier molecular flexibility index (Phi) is 6.51. The number of benzene rings is 1. The van der Waals surface area contributed by atoms with E-state index in [-0.39, 0.29) is 28.7 Å². The average molecular weight is 490 g/mol. The standard InChI is InChI=1S/C25H29ClFN3O4/c1-24(2,33)20(31)6-7-25(34)11-15-8-14(9-16(15)12-25)21-22(30(3)13-28-21)23(32)29-17-4-5-19(27)18(26)10-17/h4-5,10,13-16,20,31,33-34H,8-9,11-12H2,1-3H3,(H,29,32)/t14?,15?,16?,20-,25?/m0/s1. The predicted molar refractivity (Wildman–Crippen MR) is 126 cm³/mol. The van der Waals surface area contributed by atoms with Crippen molar-refractivity contribution in [3.05, 3.63) is 46.8 Å². The molecule has 4 N–H and O–H groups in total. The summed E-state index contributed by atoms with van der Waals surface area (Å²) in [4.78, 5) is 17.5. The van der Waals surface area contributed by atoms with Crippen molar-refractivity contribution in [2.75, 3.05) is 5.32 Å². The van der Waals surface area contributed by atoms with Gasteiger partial charge in [-0.2, -0.15) is 0 Å². The second-order valence-electron chi connectivity index (χ2n) is 10.1. The lowest BCUT2D eigenvalue weighted by Crippen LogP contribution is -2.35. The minimum atomic E-state index is -1.36. The summed E-state index contributed by atoms with van der Waals surface area (Å²) in [5, 5.41) is 33.5. The third-order valence-corrected chi connectivity index (χ3v) is 7.19. The zero-order valence-corrected chi connectivity index (χ0v) is 20.1. The molecule has 2 aromatic rings. The second kappa shape index (κ2) is 8.97. The quantitative estimate of drug-likeness (QED) is 0.493. The number of hydrogen-bond donors (Lipinski definition) is 4. The van der Waals surface area contributed by atoms with Crippen LogP contribution in [0.5, 0.6) is 0 Å². The van der Waals surface area contributed by atoms with Crippen LogP contribution in [0.25, 0.3) is 0 Å². The first-order chi connectivity index (χ1) is 15.9. The lowest BCUT2D eigenvalue weighted by atomic mass is 9.92. The van der Waals surface area contributed by atoms with Gasteiger partial charge in [-0.1, -0.05) is 23.4 Å². The van der Waals surface area contributed by atoms with Gasteiger partial charge in [0.15, 0.2) is 0 Å². The van der Waals surface area contributed by atoms with Crippen molar-refractivity contribution in [2.45, 2.75) is 62.8 Å². The van der Waals surface area contributed by atoms with E-state index in [0.717, 1.165) is 12.8 Å². The van der Waals surface area contributed by atoms with Crippen molar-refractivity contribution in [3.8, 4) is 11.8 Å². The molecule has 4 rings (SSSR count). The second-order valence-corrected chi connectivity index (χ2v) is 10.5. The molecular formula is C25H29ClFN3O4. The summed E-state index contributed by atoms with van der Waals surface area (Å²) in [6.45, 7) is 2.94. The van der Waals surface area contributed by atoms with Crippen LogP contribution in [0.1, 0.15) is 61.6 Å². The monoisotopic (exact) mass is 489 g/mol. The van der Waals surface area contributed by atoms with E-state index in [1.807, 2.05) is 0 Å². The van der Waals surface area contributed by atoms with Gasteiger partial charge in [0, 0.05) is 18.7 Å². The maximum Gasteiger partial charge on any atom is 0.274 e. The minimum absolute atomic E-state index is 0.0632. The largest absolute Gasteiger partial charge is 0.387 e. The molecule has 0 bridgehead atoms. The molecule has 1 amide bonds. The van der Waals surface area contributed by atoms with Crippen LogP contribution in [0.15, 0.2) is 24.5 Å². The van der Waals surface area contributed by atoms with Gasteiger partial charge in [0.2, 0.25) is 0 Å². The van der Waals surface area contributed by atoms with Crippen LogP contribution < -0.4 is 5.32 Å². The van der Waals surface area contributed by atoms with Crippen LogP contribution in [0, 0.1) is 29.5 Å². The molecule has 3 atom stereocenters. The van der Waals surface area contributed by atoms with Gasteiger partial charge in [-0.3, -0.25) is 4.79 Å². The molecule has 1 heterocycles. The van der Waals surface area contributed by atoms with Gasteiger partial charge in [-0.25, -0.2) is 9.37 Å². The van der Waals surface area contributed by atoms with Crippen molar-refractivity contribution >= 4 is 23.2 Å². The molecule has 2 saturated carbocycles. The molecule has 1 aromatic carbocycles. The van der Waals surface area contributed by atoms with E-state index in [1.165, 1.54) is 32.0 Å². The summed E-state index contributed by atoms with van der Waals surface area (Å²) in [6.07, 6.45) is 2.85. The Bertz CT molecular complexity index is 1150. The number of aryl methyl sites for hydroxylation is 1. The highest BCUT2D eigenvalue weighted by Crippen LogP contribution is 2.53. The zero-order chi connectivity index (χ0) is 24.8. The minimum Gasteiger partial charge on any atom is -0.387 e. The molecule has 0 saturated heterocycles. The van der Waals surface area contributed by atoms with E-state index in [1.54, 1.807) is 17.9 Å².